The van der Waals surface area contributed by atoms with Crippen LogP contribution in [0.4, 0.5) is 5.69 Å². The summed E-state index contributed by atoms with van der Waals surface area (Å²) in [5.74, 6) is 0.185. The second-order valence-corrected chi connectivity index (χ2v) is 7.88. The fourth-order valence-electron chi connectivity index (χ4n) is 3.98. The molecule has 28 heavy (non-hydrogen) atoms. The first-order valence-electron chi connectivity index (χ1n) is 9.27. The number of halogens is 1. The molecule has 0 aliphatic carbocycles. The van der Waals surface area contributed by atoms with Gasteiger partial charge < -0.3 is 9.47 Å². The van der Waals surface area contributed by atoms with E-state index < -0.39 is 0 Å². The van der Waals surface area contributed by atoms with E-state index in [1.165, 1.54) is 0 Å². The van der Waals surface area contributed by atoms with E-state index in [9.17, 15) is 4.79 Å². The van der Waals surface area contributed by atoms with Crippen LogP contribution in [-0.4, -0.2) is 34.0 Å². The number of benzene rings is 1. The molecular weight excluding hydrogens is 372 g/mol. The third kappa shape index (κ3) is 2.94. The average Bonchev–Trinajstić information content (AvgIpc) is 3.03. The quantitative estimate of drug-likeness (QED) is 0.554. The number of hydrogen-bond donors (Lipinski definition) is 0. The highest BCUT2D eigenvalue weighted by atomic mass is 35.5. The van der Waals surface area contributed by atoms with Gasteiger partial charge >= 0.3 is 0 Å². The van der Waals surface area contributed by atoms with Crippen molar-refractivity contribution in [2.75, 3.05) is 13.6 Å². The minimum absolute atomic E-state index is 0.185. The summed E-state index contributed by atoms with van der Waals surface area (Å²) in [6, 6.07) is 4.20. The van der Waals surface area contributed by atoms with E-state index in [1.807, 2.05) is 27.0 Å². The fourth-order valence-corrected chi connectivity index (χ4v) is 4.18. The lowest BCUT2D eigenvalue weighted by molar-refractivity contribution is -0.132. The minimum Gasteiger partial charge on any atom is -0.344 e. The highest BCUT2D eigenvalue weighted by Gasteiger charge is 2.26. The number of hydrogen-bond acceptors (Lipinski definition) is 2. The summed E-state index contributed by atoms with van der Waals surface area (Å²) in [6.07, 6.45) is 6.98. The van der Waals surface area contributed by atoms with E-state index in [0.717, 1.165) is 39.6 Å². The van der Waals surface area contributed by atoms with Crippen LogP contribution in [0, 0.1) is 20.4 Å². The second-order valence-electron chi connectivity index (χ2n) is 7.50. The number of aryl methyl sites for hydroxylation is 2. The summed E-state index contributed by atoms with van der Waals surface area (Å²) in [6.45, 7) is 12.1. The van der Waals surface area contributed by atoms with Gasteiger partial charge in [0, 0.05) is 55.2 Å². The van der Waals surface area contributed by atoms with Gasteiger partial charge in [-0.15, -0.1) is 0 Å². The second kappa shape index (κ2) is 6.96. The predicted molar refractivity (Wildman–Crippen MR) is 112 cm³/mol. The van der Waals surface area contributed by atoms with E-state index in [1.54, 1.807) is 17.3 Å². The Morgan fingerprint density at radius 2 is 2.00 bits per heavy atom. The summed E-state index contributed by atoms with van der Waals surface area (Å²) in [5, 5.41) is 1.67. The van der Waals surface area contributed by atoms with Gasteiger partial charge in [0.05, 0.1) is 17.6 Å². The van der Waals surface area contributed by atoms with Gasteiger partial charge in [-0.3, -0.25) is 9.78 Å². The third-order valence-electron chi connectivity index (χ3n) is 5.61. The van der Waals surface area contributed by atoms with Gasteiger partial charge in [-0.05, 0) is 48.9 Å². The van der Waals surface area contributed by atoms with E-state index in [0.29, 0.717) is 23.7 Å². The summed E-state index contributed by atoms with van der Waals surface area (Å²) in [4.78, 5) is 21.7. The lowest BCUT2D eigenvalue weighted by Gasteiger charge is -2.31. The zero-order chi connectivity index (χ0) is 20.0. The molecule has 0 bridgehead atoms. The number of nitrogens with zero attached hydrogens (tertiary/aromatic N) is 4. The van der Waals surface area contributed by atoms with Gasteiger partial charge in [0.1, 0.15) is 0 Å². The molecule has 0 radical (unpaired) electrons. The van der Waals surface area contributed by atoms with Gasteiger partial charge in [-0.1, -0.05) is 11.6 Å². The largest absolute Gasteiger partial charge is 0.344 e. The molecule has 5 nitrogen and oxygen atoms in total. The molecule has 1 fully saturated rings. The molecule has 6 heteroatoms. The van der Waals surface area contributed by atoms with Crippen molar-refractivity contribution >= 4 is 34.1 Å². The number of amides is 1. The standard InChI is InChI=1S/C22H21ClN4O/c1-13-7-20-16(8-19(13)24-3)18(17-10-25-9-14(2)22(17)23)12-27(20)15-5-6-21(28)26(4)11-15/h7-10,12,15H,5-6,11H2,1-2,4H3. The Kier molecular flexibility index (Phi) is 4.60. The van der Waals surface area contributed by atoms with E-state index >= 15 is 0 Å². The molecule has 3 heterocycles. The smallest absolute Gasteiger partial charge is 0.222 e. The summed E-state index contributed by atoms with van der Waals surface area (Å²) in [5.41, 5.74) is 5.40. The van der Waals surface area contributed by atoms with Crippen molar-refractivity contribution in [3.8, 4) is 11.1 Å². The fraction of sp³-hybridized carbons (Fsp3) is 0.318. The predicted octanol–water partition coefficient (Wildman–Crippen LogP) is 5.32. The van der Waals surface area contributed by atoms with Gasteiger partial charge in [-0.25, -0.2) is 4.85 Å². The Balaban J connectivity index is 1.97. The van der Waals surface area contributed by atoms with Crippen LogP contribution in [0.1, 0.15) is 30.0 Å². The Hall–Kier alpha value is -2.84. The number of likely N-dealkylation sites (N-methyl/N-ethyl adjacent to an activating group) is 1. The Labute approximate surface area is 169 Å². The van der Waals surface area contributed by atoms with Crippen LogP contribution in [0.15, 0.2) is 30.7 Å². The molecule has 1 aromatic carbocycles. The van der Waals surface area contributed by atoms with Crippen LogP contribution < -0.4 is 0 Å². The number of carbonyl (C=O) groups is 1. The summed E-state index contributed by atoms with van der Waals surface area (Å²) in [7, 11) is 1.85. The average molecular weight is 393 g/mol. The molecule has 2 aromatic heterocycles. The van der Waals surface area contributed by atoms with Gasteiger partial charge in [0.2, 0.25) is 5.91 Å². The highest BCUT2D eigenvalue weighted by molar-refractivity contribution is 6.34. The topological polar surface area (TPSA) is 42.5 Å². The van der Waals surface area contributed by atoms with E-state index in [4.69, 9.17) is 18.2 Å². The maximum Gasteiger partial charge on any atom is 0.222 e. The van der Waals surface area contributed by atoms with Crippen molar-refractivity contribution in [1.82, 2.24) is 14.5 Å². The van der Waals surface area contributed by atoms with Gasteiger partial charge in [0.25, 0.3) is 0 Å². The van der Waals surface area contributed by atoms with Crippen molar-refractivity contribution in [3.05, 3.63) is 58.3 Å². The number of piperidine rings is 1. The number of fused-ring (bicyclic) bond motifs is 1. The van der Waals surface area contributed by atoms with Gasteiger partial charge in [0.15, 0.2) is 5.69 Å². The van der Waals surface area contributed by atoms with Gasteiger partial charge in [-0.2, -0.15) is 0 Å². The van der Waals surface area contributed by atoms with Crippen LogP contribution in [0.2, 0.25) is 5.02 Å². The Bertz CT molecular complexity index is 1140. The lowest BCUT2D eigenvalue weighted by Crippen LogP contribution is -2.37. The molecule has 1 amide bonds. The Morgan fingerprint density at radius 3 is 2.71 bits per heavy atom. The number of pyridine rings is 1. The van der Waals surface area contributed by atoms with E-state index in [2.05, 4.69) is 26.7 Å². The van der Waals surface area contributed by atoms with Crippen molar-refractivity contribution < 1.29 is 4.79 Å². The van der Waals surface area contributed by atoms with Crippen LogP contribution in [0.3, 0.4) is 0 Å². The maximum absolute atomic E-state index is 11.9. The Morgan fingerprint density at radius 1 is 1.21 bits per heavy atom. The lowest BCUT2D eigenvalue weighted by atomic mass is 10.0. The normalized spacial score (nSPS) is 17.2. The number of carbonyl (C=O) groups excluding carboxylic acids is 1. The van der Waals surface area contributed by atoms with Crippen molar-refractivity contribution in [3.63, 3.8) is 0 Å². The molecule has 1 saturated heterocycles. The molecule has 142 valence electrons. The molecule has 4 rings (SSSR count). The monoisotopic (exact) mass is 392 g/mol. The van der Waals surface area contributed by atoms with Crippen molar-refractivity contribution in [2.24, 2.45) is 0 Å². The number of aromatic nitrogens is 2. The number of likely N-dealkylation sites (tertiary alicyclic amines) is 1. The SMILES string of the molecule is [C-]#[N+]c1cc2c(-c3cncc(C)c3Cl)cn(C3CCC(=O)N(C)C3)c2cc1C. The molecule has 0 saturated carbocycles. The first-order valence-corrected chi connectivity index (χ1v) is 9.65. The van der Waals surface area contributed by atoms with Crippen molar-refractivity contribution in [1.29, 1.82) is 0 Å². The molecule has 0 spiro atoms. The zero-order valence-electron chi connectivity index (χ0n) is 16.2. The third-order valence-corrected chi connectivity index (χ3v) is 6.11. The maximum atomic E-state index is 11.9. The molecule has 0 N–H and O–H groups in total. The molecule has 1 unspecified atom stereocenters. The first kappa shape index (κ1) is 18.5. The van der Waals surface area contributed by atoms with Crippen LogP contribution in [-0.2, 0) is 4.79 Å². The highest BCUT2D eigenvalue weighted by Crippen LogP contribution is 2.40. The van der Waals surface area contributed by atoms with Crippen LogP contribution in [0.5, 0.6) is 0 Å². The molecule has 1 aliphatic rings. The molecule has 1 atom stereocenters. The van der Waals surface area contributed by atoms with Crippen LogP contribution >= 0.6 is 11.6 Å². The summed E-state index contributed by atoms with van der Waals surface area (Å²) < 4.78 is 2.24. The van der Waals surface area contributed by atoms with E-state index in [-0.39, 0.29) is 11.9 Å². The molecule has 1 aliphatic heterocycles. The zero-order valence-corrected chi connectivity index (χ0v) is 16.9. The molecule has 3 aromatic rings. The van der Waals surface area contributed by atoms with Crippen LogP contribution in [0.25, 0.3) is 26.9 Å². The number of rotatable bonds is 2. The van der Waals surface area contributed by atoms with Crippen molar-refractivity contribution in [2.45, 2.75) is 32.7 Å². The molecular formula is C22H21ClN4O. The first-order chi connectivity index (χ1) is 13.4. The minimum atomic E-state index is 0.185. The summed E-state index contributed by atoms with van der Waals surface area (Å²) >= 11 is 6.61.